The van der Waals surface area contributed by atoms with E-state index in [1.165, 1.54) is 11.3 Å². The van der Waals surface area contributed by atoms with E-state index in [2.05, 4.69) is 5.32 Å². The third kappa shape index (κ3) is 3.67. The Morgan fingerprint density at radius 3 is 2.84 bits per heavy atom. The van der Waals surface area contributed by atoms with Crippen LogP contribution in [0.5, 0.6) is 0 Å². The molecule has 1 saturated carbocycles. The summed E-state index contributed by atoms with van der Waals surface area (Å²) in [7, 11) is 0. The van der Waals surface area contributed by atoms with Gasteiger partial charge in [0.2, 0.25) is 5.91 Å². The van der Waals surface area contributed by atoms with Crippen LogP contribution in [0.1, 0.15) is 37.8 Å². The molecule has 0 atom stereocenters. The van der Waals surface area contributed by atoms with Crippen LogP contribution in [0.15, 0.2) is 10.2 Å². The third-order valence-electron chi connectivity index (χ3n) is 3.66. The molecule has 1 aromatic heterocycles. The molecule has 1 heterocycles. The highest BCUT2D eigenvalue weighted by atomic mass is 32.1. The van der Waals surface area contributed by atoms with Crippen molar-refractivity contribution in [2.45, 2.75) is 51.2 Å². The van der Waals surface area contributed by atoms with Gasteiger partial charge in [-0.15, -0.1) is 0 Å². The number of hydrogen-bond acceptors (Lipinski definition) is 4. The molecule has 1 amide bonds. The summed E-state index contributed by atoms with van der Waals surface area (Å²) in [6.45, 7) is 2.82. The van der Waals surface area contributed by atoms with Crippen molar-refractivity contribution >= 4 is 17.2 Å². The average molecular weight is 284 g/mol. The molecule has 1 aromatic rings. The quantitative estimate of drug-likeness (QED) is 0.819. The average Bonchev–Trinajstić information content (AvgIpc) is 2.65. The Balaban J connectivity index is 1.68. The Bertz CT molecular complexity index is 502. The summed E-state index contributed by atoms with van der Waals surface area (Å²) >= 11 is 1.19. The molecule has 2 N–H and O–H groups in total. The van der Waals surface area contributed by atoms with Crippen molar-refractivity contribution in [2.24, 2.45) is 0 Å². The van der Waals surface area contributed by atoms with E-state index >= 15 is 0 Å². The van der Waals surface area contributed by atoms with E-state index in [1.54, 1.807) is 4.57 Å². The molecule has 5 nitrogen and oxygen atoms in total. The van der Waals surface area contributed by atoms with Crippen LogP contribution in [0.3, 0.4) is 0 Å². The van der Waals surface area contributed by atoms with Crippen molar-refractivity contribution < 1.29 is 9.90 Å². The predicted molar refractivity (Wildman–Crippen MR) is 74.4 cm³/mol. The molecule has 0 aromatic carbocycles. The number of amides is 1. The molecule has 0 unspecified atom stereocenters. The molecule has 1 aliphatic carbocycles. The standard InChI is InChI=1S/C13H20N2O3S/c1-10-8-19-12(17)15(10)7-2-4-11(16)14-9-13(18)5-3-6-13/h8,18H,2-7,9H2,1H3,(H,14,16). The molecular formula is C13H20N2O3S. The van der Waals surface area contributed by atoms with Gasteiger partial charge in [0, 0.05) is 30.6 Å². The number of aliphatic hydroxyl groups is 1. The summed E-state index contributed by atoms with van der Waals surface area (Å²) in [6.07, 6.45) is 3.61. The highest BCUT2D eigenvalue weighted by molar-refractivity contribution is 7.07. The summed E-state index contributed by atoms with van der Waals surface area (Å²) < 4.78 is 1.69. The van der Waals surface area contributed by atoms with Crippen molar-refractivity contribution in [1.29, 1.82) is 0 Å². The molecule has 1 aliphatic rings. The first kappa shape index (κ1) is 14.3. The van der Waals surface area contributed by atoms with Gasteiger partial charge in [0.1, 0.15) is 0 Å². The van der Waals surface area contributed by atoms with Crippen LogP contribution < -0.4 is 10.2 Å². The number of thiazole rings is 1. The minimum absolute atomic E-state index is 0.0293. The zero-order valence-electron chi connectivity index (χ0n) is 11.1. The second-order valence-corrected chi connectivity index (χ2v) is 6.07. The molecule has 106 valence electrons. The van der Waals surface area contributed by atoms with Crippen molar-refractivity contribution in [2.75, 3.05) is 6.54 Å². The number of nitrogens with one attached hydrogen (secondary N) is 1. The van der Waals surface area contributed by atoms with E-state index in [-0.39, 0.29) is 10.8 Å². The highest BCUT2D eigenvalue weighted by Gasteiger charge is 2.34. The second-order valence-electron chi connectivity index (χ2n) is 5.25. The van der Waals surface area contributed by atoms with Gasteiger partial charge in [-0.1, -0.05) is 11.3 Å². The summed E-state index contributed by atoms with van der Waals surface area (Å²) in [5.41, 5.74) is 0.274. The Labute approximate surface area is 116 Å². The normalized spacial score (nSPS) is 16.9. The Morgan fingerprint density at radius 1 is 1.58 bits per heavy atom. The first-order valence-corrected chi connectivity index (χ1v) is 7.52. The van der Waals surface area contributed by atoms with E-state index in [0.29, 0.717) is 25.9 Å². The lowest BCUT2D eigenvalue weighted by Crippen LogP contribution is -2.47. The van der Waals surface area contributed by atoms with Gasteiger partial charge in [0.15, 0.2) is 0 Å². The molecule has 0 spiro atoms. The molecular weight excluding hydrogens is 264 g/mol. The van der Waals surface area contributed by atoms with Crippen LogP contribution in [0, 0.1) is 6.92 Å². The number of nitrogens with zero attached hydrogens (tertiary/aromatic N) is 1. The third-order valence-corrected chi connectivity index (χ3v) is 4.54. The summed E-state index contributed by atoms with van der Waals surface area (Å²) in [4.78, 5) is 23.1. The fourth-order valence-corrected chi connectivity index (χ4v) is 2.95. The highest BCUT2D eigenvalue weighted by Crippen LogP contribution is 2.30. The SMILES string of the molecule is Cc1csc(=O)n1CCCC(=O)NCC1(O)CCC1. The van der Waals surface area contributed by atoms with Crippen LogP contribution in [-0.2, 0) is 11.3 Å². The van der Waals surface area contributed by atoms with Gasteiger partial charge in [-0.05, 0) is 32.6 Å². The zero-order valence-corrected chi connectivity index (χ0v) is 12.0. The van der Waals surface area contributed by atoms with E-state index in [0.717, 1.165) is 25.0 Å². The van der Waals surface area contributed by atoms with E-state index < -0.39 is 5.60 Å². The fraction of sp³-hybridized carbons (Fsp3) is 0.692. The number of aromatic nitrogens is 1. The van der Waals surface area contributed by atoms with Crippen LogP contribution >= 0.6 is 11.3 Å². The molecule has 0 saturated heterocycles. The van der Waals surface area contributed by atoms with Gasteiger partial charge in [0.25, 0.3) is 0 Å². The fourth-order valence-electron chi connectivity index (χ4n) is 2.19. The van der Waals surface area contributed by atoms with Crippen LogP contribution in [0.25, 0.3) is 0 Å². The lowest BCUT2D eigenvalue weighted by molar-refractivity contribution is -0.123. The lowest BCUT2D eigenvalue weighted by atomic mass is 9.80. The van der Waals surface area contributed by atoms with E-state index in [9.17, 15) is 14.7 Å². The van der Waals surface area contributed by atoms with E-state index in [4.69, 9.17) is 0 Å². The monoisotopic (exact) mass is 284 g/mol. The predicted octanol–water partition coefficient (Wildman–Crippen LogP) is 1.03. The van der Waals surface area contributed by atoms with Gasteiger partial charge >= 0.3 is 4.87 Å². The second kappa shape index (κ2) is 5.88. The maximum Gasteiger partial charge on any atom is 0.307 e. The van der Waals surface area contributed by atoms with Gasteiger partial charge in [-0.25, -0.2) is 0 Å². The van der Waals surface area contributed by atoms with Crippen molar-refractivity contribution in [3.05, 3.63) is 20.7 Å². The van der Waals surface area contributed by atoms with Crippen LogP contribution in [0.4, 0.5) is 0 Å². The Hall–Kier alpha value is -1.14. The molecule has 1 fully saturated rings. The van der Waals surface area contributed by atoms with Gasteiger partial charge < -0.3 is 15.0 Å². The Morgan fingerprint density at radius 2 is 2.32 bits per heavy atom. The first-order chi connectivity index (χ1) is 9.00. The molecule has 0 aliphatic heterocycles. The minimum atomic E-state index is -0.670. The molecule has 0 bridgehead atoms. The number of carbonyl (C=O) groups is 1. The minimum Gasteiger partial charge on any atom is -0.388 e. The molecule has 0 radical (unpaired) electrons. The van der Waals surface area contributed by atoms with Gasteiger partial charge in [-0.3, -0.25) is 9.59 Å². The number of rotatable bonds is 6. The van der Waals surface area contributed by atoms with Gasteiger partial charge in [0.05, 0.1) is 5.60 Å². The number of aryl methyl sites for hydroxylation is 1. The number of hydrogen-bond donors (Lipinski definition) is 2. The maximum atomic E-state index is 11.6. The maximum absolute atomic E-state index is 11.6. The van der Waals surface area contributed by atoms with Crippen LogP contribution in [-0.4, -0.2) is 27.7 Å². The van der Waals surface area contributed by atoms with Crippen LogP contribution in [0.2, 0.25) is 0 Å². The molecule has 19 heavy (non-hydrogen) atoms. The lowest BCUT2D eigenvalue weighted by Gasteiger charge is -2.36. The largest absolute Gasteiger partial charge is 0.388 e. The topological polar surface area (TPSA) is 71.3 Å². The van der Waals surface area contributed by atoms with E-state index in [1.807, 2.05) is 12.3 Å². The number of carbonyl (C=O) groups excluding carboxylic acids is 1. The van der Waals surface area contributed by atoms with Crippen molar-refractivity contribution in [3.8, 4) is 0 Å². The summed E-state index contributed by atoms with van der Waals surface area (Å²) in [6, 6.07) is 0. The van der Waals surface area contributed by atoms with Crippen molar-refractivity contribution in [3.63, 3.8) is 0 Å². The van der Waals surface area contributed by atoms with Gasteiger partial charge in [-0.2, -0.15) is 0 Å². The Kier molecular flexibility index (Phi) is 4.42. The molecule has 2 rings (SSSR count). The molecule has 6 heteroatoms. The summed E-state index contributed by atoms with van der Waals surface area (Å²) in [5.74, 6) is -0.0544. The van der Waals surface area contributed by atoms with Crippen molar-refractivity contribution in [1.82, 2.24) is 9.88 Å². The first-order valence-electron chi connectivity index (χ1n) is 6.64. The summed E-state index contributed by atoms with van der Waals surface area (Å²) in [5, 5.41) is 14.4. The smallest absolute Gasteiger partial charge is 0.307 e. The zero-order chi connectivity index (χ0) is 13.9.